The van der Waals surface area contributed by atoms with Gasteiger partial charge in [-0.2, -0.15) is 0 Å². The normalized spacial score (nSPS) is 28.8. The van der Waals surface area contributed by atoms with Crippen molar-refractivity contribution in [1.29, 1.82) is 0 Å². The number of hydrogen-bond donors (Lipinski definition) is 2. The maximum absolute atomic E-state index is 12.3. The SMILES string of the molecule is NNC(=O)C1CCC(C(=O)N2CCCCC2)CC1. The van der Waals surface area contributed by atoms with Gasteiger partial charge in [-0.15, -0.1) is 0 Å². The lowest BCUT2D eigenvalue weighted by atomic mass is 9.81. The van der Waals surface area contributed by atoms with Crippen LogP contribution in [0.25, 0.3) is 0 Å². The minimum atomic E-state index is -0.0844. The minimum absolute atomic E-state index is 0.000376. The Morgan fingerprint density at radius 2 is 1.50 bits per heavy atom. The Kier molecular flexibility index (Phi) is 4.58. The minimum Gasteiger partial charge on any atom is -0.342 e. The fraction of sp³-hybridized carbons (Fsp3) is 0.846. The average molecular weight is 253 g/mol. The van der Waals surface area contributed by atoms with Crippen LogP contribution < -0.4 is 11.3 Å². The average Bonchev–Trinajstić information content (AvgIpc) is 2.47. The Balaban J connectivity index is 1.81. The van der Waals surface area contributed by atoms with E-state index in [-0.39, 0.29) is 17.7 Å². The van der Waals surface area contributed by atoms with Gasteiger partial charge in [0.05, 0.1) is 0 Å². The Hall–Kier alpha value is -1.10. The van der Waals surface area contributed by atoms with Gasteiger partial charge in [-0.05, 0) is 44.9 Å². The molecule has 1 aliphatic carbocycles. The lowest BCUT2D eigenvalue weighted by Crippen LogP contribution is -2.42. The number of nitrogens with two attached hydrogens (primary N) is 1. The second-order valence-corrected chi connectivity index (χ2v) is 5.44. The molecule has 18 heavy (non-hydrogen) atoms. The lowest BCUT2D eigenvalue weighted by Gasteiger charge is -2.33. The van der Waals surface area contributed by atoms with Gasteiger partial charge in [-0.1, -0.05) is 0 Å². The van der Waals surface area contributed by atoms with Crippen molar-refractivity contribution in [3.05, 3.63) is 0 Å². The first-order valence-corrected chi connectivity index (χ1v) is 7.01. The van der Waals surface area contributed by atoms with E-state index in [0.29, 0.717) is 5.91 Å². The molecule has 1 aliphatic heterocycles. The summed E-state index contributed by atoms with van der Waals surface area (Å²) >= 11 is 0. The van der Waals surface area contributed by atoms with Crippen LogP contribution in [-0.4, -0.2) is 29.8 Å². The highest BCUT2D eigenvalue weighted by Crippen LogP contribution is 2.30. The van der Waals surface area contributed by atoms with Crippen LogP contribution in [0.1, 0.15) is 44.9 Å². The van der Waals surface area contributed by atoms with E-state index in [1.165, 1.54) is 6.42 Å². The zero-order valence-corrected chi connectivity index (χ0v) is 10.9. The number of rotatable bonds is 2. The molecule has 0 aromatic heterocycles. The van der Waals surface area contributed by atoms with Gasteiger partial charge in [0.25, 0.3) is 0 Å². The fourth-order valence-corrected chi connectivity index (χ4v) is 3.09. The van der Waals surface area contributed by atoms with E-state index < -0.39 is 0 Å². The van der Waals surface area contributed by atoms with Crippen LogP contribution in [0.4, 0.5) is 0 Å². The van der Waals surface area contributed by atoms with Gasteiger partial charge >= 0.3 is 0 Å². The van der Waals surface area contributed by atoms with Crippen LogP contribution in [-0.2, 0) is 9.59 Å². The van der Waals surface area contributed by atoms with E-state index in [1.54, 1.807) is 0 Å². The molecule has 0 radical (unpaired) electrons. The Bertz CT molecular complexity index is 305. The number of nitrogens with one attached hydrogen (secondary N) is 1. The summed E-state index contributed by atoms with van der Waals surface area (Å²) < 4.78 is 0. The zero-order chi connectivity index (χ0) is 13.0. The monoisotopic (exact) mass is 253 g/mol. The highest BCUT2D eigenvalue weighted by atomic mass is 16.2. The third-order valence-electron chi connectivity index (χ3n) is 4.26. The van der Waals surface area contributed by atoms with E-state index >= 15 is 0 Å². The van der Waals surface area contributed by atoms with E-state index in [4.69, 9.17) is 5.84 Å². The second kappa shape index (κ2) is 6.18. The molecule has 5 heteroatoms. The van der Waals surface area contributed by atoms with E-state index in [9.17, 15) is 9.59 Å². The predicted octanol–water partition coefficient (Wildman–Crippen LogP) is 0.795. The van der Waals surface area contributed by atoms with Crippen LogP contribution >= 0.6 is 0 Å². The maximum atomic E-state index is 12.3. The molecule has 1 heterocycles. The third kappa shape index (κ3) is 3.02. The van der Waals surface area contributed by atoms with Crippen molar-refractivity contribution >= 4 is 11.8 Å². The molecule has 1 saturated carbocycles. The molecule has 0 aromatic carbocycles. The molecule has 2 amide bonds. The topological polar surface area (TPSA) is 75.4 Å². The van der Waals surface area contributed by atoms with Crippen LogP contribution in [0.2, 0.25) is 0 Å². The molecule has 0 aromatic rings. The number of likely N-dealkylation sites (tertiary alicyclic amines) is 1. The summed E-state index contributed by atoms with van der Waals surface area (Å²) in [5.41, 5.74) is 2.21. The molecule has 0 atom stereocenters. The first-order chi connectivity index (χ1) is 8.72. The first kappa shape index (κ1) is 13.3. The van der Waals surface area contributed by atoms with Gasteiger partial charge in [0, 0.05) is 24.9 Å². The molecule has 0 spiro atoms. The van der Waals surface area contributed by atoms with E-state index in [2.05, 4.69) is 5.43 Å². The maximum Gasteiger partial charge on any atom is 0.236 e. The Morgan fingerprint density at radius 1 is 0.944 bits per heavy atom. The Morgan fingerprint density at radius 3 is 2.06 bits per heavy atom. The summed E-state index contributed by atoms with van der Waals surface area (Å²) in [5.74, 6) is 5.49. The number of carbonyl (C=O) groups is 2. The van der Waals surface area contributed by atoms with E-state index in [0.717, 1.165) is 51.6 Å². The highest BCUT2D eigenvalue weighted by Gasteiger charge is 2.32. The molecule has 0 bridgehead atoms. The molecular weight excluding hydrogens is 230 g/mol. The molecule has 102 valence electrons. The molecule has 0 unspecified atom stereocenters. The predicted molar refractivity (Wildman–Crippen MR) is 68.2 cm³/mol. The molecule has 2 rings (SSSR count). The third-order valence-corrected chi connectivity index (χ3v) is 4.26. The Labute approximate surface area is 108 Å². The van der Waals surface area contributed by atoms with Gasteiger partial charge in [-0.3, -0.25) is 15.0 Å². The summed E-state index contributed by atoms with van der Waals surface area (Å²) in [5, 5.41) is 0. The van der Waals surface area contributed by atoms with Crippen molar-refractivity contribution in [2.24, 2.45) is 17.7 Å². The van der Waals surface area contributed by atoms with Crippen LogP contribution in [0, 0.1) is 11.8 Å². The number of hydrazine groups is 1. The van der Waals surface area contributed by atoms with Gasteiger partial charge < -0.3 is 4.90 Å². The summed E-state index contributed by atoms with van der Waals surface area (Å²) in [4.78, 5) is 25.7. The van der Waals surface area contributed by atoms with Crippen LogP contribution in [0.3, 0.4) is 0 Å². The fourth-order valence-electron chi connectivity index (χ4n) is 3.09. The van der Waals surface area contributed by atoms with Gasteiger partial charge in [0.15, 0.2) is 0 Å². The number of carbonyl (C=O) groups excluding carboxylic acids is 2. The summed E-state index contributed by atoms with van der Waals surface area (Å²) in [7, 11) is 0. The molecule has 5 nitrogen and oxygen atoms in total. The lowest BCUT2D eigenvalue weighted by molar-refractivity contribution is -0.139. The van der Waals surface area contributed by atoms with Gasteiger partial charge in [0.1, 0.15) is 0 Å². The molecular formula is C13H23N3O2. The first-order valence-electron chi connectivity index (χ1n) is 7.01. The van der Waals surface area contributed by atoms with E-state index in [1.807, 2.05) is 4.90 Å². The molecule has 1 saturated heterocycles. The molecule has 2 fully saturated rings. The molecule has 3 N–H and O–H groups in total. The zero-order valence-electron chi connectivity index (χ0n) is 10.9. The van der Waals surface area contributed by atoms with Crippen molar-refractivity contribution in [2.45, 2.75) is 44.9 Å². The molecule has 2 aliphatic rings. The number of piperidine rings is 1. The van der Waals surface area contributed by atoms with Gasteiger partial charge in [-0.25, -0.2) is 5.84 Å². The van der Waals surface area contributed by atoms with Gasteiger partial charge in [0.2, 0.25) is 11.8 Å². The highest BCUT2D eigenvalue weighted by molar-refractivity contribution is 5.81. The van der Waals surface area contributed by atoms with Crippen molar-refractivity contribution in [2.75, 3.05) is 13.1 Å². The summed E-state index contributed by atoms with van der Waals surface area (Å²) in [6.07, 6.45) is 6.74. The summed E-state index contributed by atoms with van der Waals surface area (Å²) in [6, 6.07) is 0. The van der Waals surface area contributed by atoms with Crippen molar-refractivity contribution in [1.82, 2.24) is 10.3 Å². The summed E-state index contributed by atoms with van der Waals surface area (Å²) in [6.45, 7) is 1.84. The smallest absolute Gasteiger partial charge is 0.236 e. The van der Waals surface area contributed by atoms with Crippen molar-refractivity contribution < 1.29 is 9.59 Å². The van der Waals surface area contributed by atoms with Crippen LogP contribution in [0.5, 0.6) is 0 Å². The van der Waals surface area contributed by atoms with Crippen molar-refractivity contribution in [3.8, 4) is 0 Å². The largest absolute Gasteiger partial charge is 0.342 e. The van der Waals surface area contributed by atoms with Crippen molar-refractivity contribution in [3.63, 3.8) is 0 Å². The van der Waals surface area contributed by atoms with Crippen LogP contribution in [0.15, 0.2) is 0 Å². The number of hydrogen-bond acceptors (Lipinski definition) is 3. The standard InChI is InChI=1S/C13H23N3O2/c14-15-12(17)10-4-6-11(7-5-10)13(18)16-8-2-1-3-9-16/h10-11H,1-9,14H2,(H,15,17). The quantitative estimate of drug-likeness (QED) is 0.434. The number of amides is 2. The number of nitrogens with zero attached hydrogens (tertiary/aromatic N) is 1. The second-order valence-electron chi connectivity index (χ2n) is 5.44.